The number of ether oxygens (including phenoxy) is 1. The fraction of sp³-hybridized carbons (Fsp3) is 0.200. The lowest BCUT2D eigenvalue weighted by atomic mass is 10.2. The predicted octanol–water partition coefficient (Wildman–Crippen LogP) is 4.15. The molecule has 0 spiro atoms. The maximum Gasteiger partial charge on any atom is 0.348 e. The van der Waals surface area contributed by atoms with Crippen molar-refractivity contribution in [2.45, 2.75) is 13.5 Å². The van der Waals surface area contributed by atoms with Crippen LogP contribution in [-0.4, -0.2) is 34.9 Å². The second-order valence-corrected chi connectivity index (χ2v) is 7.29. The molecule has 3 aromatic rings. The molecule has 0 fully saturated rings. The SMILES string of the molecule is CCN(Cc1cccc(F)c1)C(=O)COC(=O)c1cc2cc([N+](=O)[O-])ccc2s1. The van der Waals surface area contributed by atoms with Crippen molar-refractivity contribution in [2.75, 3.05) is 13.2 Å². The van der Waals surface area contributed by atoms with Gasteiger partial charge in [-0.2, -0.15) is 0 Å². The number of benzene rings is 2. The van der Waals surface area contributed by atoms with Crippen LogP contribution < -0.4 is 0 Å². The minimum Gasteiger partial charge on any atom is -0.451 e. The van der Waals surface area contributed by atoms with Gasteiger partial charge in [0, 0.05) is 35.3 Å². The van der Waals surface area contributed by atoms with Crippen molar-refractivity contribution in [3.05, 3.63) is 74.9 Å². The van der Waals surface area contributed by atoms with E-state index in [9.17, 15) is 24.1 Å². The quantitative estimate of drug-likeness (QED) is 0.328. The Kier molecular flexibility index (Phi) is 6.18. The largest absolute Gasteiger partial charge is 0.451 e. The molecule has 7 nitrogen and oxygen atoms in total. The Morgan fingerprint density at radius 3 is 2.69 bits per heavy atom. The summed E-state index contributed by atoms with van der Waals surface area (Å²) < 4.78 is 19.1. The zero-order valence-electron chi connectivity index (χ0n) is 15.5. The van der Waals surface area contributed by atoms with E-state index in [1.54, 1.807) is 25.1 Å². The number of nitro benzene ring substituents is 1. The van der Waals surface area contributed by atoms with Gasteiger partial charge in [-0.15, -0.1) is 11.3 Å². The highest BCUT2D eigenvalue weighted by molar-refractivity contribution is 7.20. The number of hydrogen-bond acceptors (Lipinski definition) is 6. The molecule has 0 atom stereocenters. The van der Waals surface area contributed by atoms with Crippen molar-refractivity contribution in [1.82, 2.24) is 4.90 Å². The molecule has 3 rings (SSSR count). The first-order chi connectivity index (χ1) is 13.9. The molecule has 2 aromatic carbocycles. The summed E-state index contributed by atoms with van der Waals surface area (Å²) in [5, 5.41) is 11.4. The van der Waals surface area contributed by atoms with Crippen molar-refractivity contribution >= 4 is 39.0 Å². The Labute approximate surface area is 169 Å². The molecule has 1 heterocycles. The number of fused-ring (bicyclic) bond motifs is 1. The van der Waals surface area contributed by atoms with Gasteiger partial charge in [0.15, 0.2) is 6.61 Å². The number of rotatable bonds is 7. The van der Waals surface area contributed by atoms with Crippen LogP contribution in [0.2, 0.25) is 0 Å². The lowest BCUT2D eigenvalue weighted by molar-refractivity contribution is -0.384. The molecule has 0 aliphatic carbocycles. The minimum atomic E-state index is -0.677. The number of non-ortho nitro benzene ring substituents is 1. The zero-order chi connectivity index (χ0) is 21.0. The van der Waals surface area contributed by atoms with Crippen molar-refractivity contribution in [3.8, 4) is 0 Å². The zero-order valence-corrected chi connectivity index (χ0v) is 16.3. The summed E-state index contributed by atoms with van der Waals surface area (Å²) in [6.07, 6.45) is 0. The molecule has 0 saturated carbocycles. The molecule has 150 valence electrons. The Bertz CT molecular complexity index is 1080. The van der Waals surface area contributed by atoms with Crippen molar-refractivity contribution in [2.24, 2.45) is 0 Å². The van der Waals surface area contributed by atoms with Gasteiger partial charge in [-0.05, 0) is 36.8 Å². The summed E-state index contributed by atoms with van der Waals surface area (Å²) in [5.41, 5.74) is 0.568. The van der Waals surface area contributed by atoms with Gasteiger partial charge in [0.25, 0.3) is 11.6 Å². The molecule has 0 N–H and O–H groups in total. The standard InChI is InChI=1S/C20H17FN2O5S/c1-2-22(11-13-4-3-5-15(21)8-13)19(24)12-28-20(25)18-10-14-9-16(23(26)27)6-7-17(14)29-18/h3-10H,2,11-12H2,1H3. The van der Waals surface area contributed by atoms with Gasteiger partial charge in [0.2, 0.25) is 0 Å². The Morgan fingerprint density at radius 2 is 2.00 bits per heavy atom. The smallest absolute Gasteiger partial charge is 0.348 e. The van der Waals surface area contributed by atoms with Gasteiger partial charge in [-0.1, -0.05) is 12.1 Å². The lowest BCUT2D eigenvalue weighted by Crippen LogP contribution is -2.34. The van der Waals surface area contributed by atoms with Gasteiger partial charge >= 0.3 is 5.97 Å². The van der Waals surface area contributed by atoms with Crippen LogP contribution in [0.3, 0.4) is 0 Å². The van der Waals surface area contributed by atoms with E-state index >= 15 is 0 Å². The number of amides is 1. The van der Waals surface area contributed by atoms with Crippen LogP contribution >= 0.6 is 11.3 Å². The molecular weight excluding hydrogens is 399 g/mol. The summed E-state index contributed by atoms with van der Waals surface area (Å²) in [6.45, 7) is 1.91. The molecule has 0 saturated heterocycles. The van der Waals surface area contributed by atoms with Crippen molar-refractivity contribution < 1.29 is 23.6 Å². The highest BCUT2D eigenvalue weighted by atomic mass is 32.1. The van der Waals surface area contributed by atoms with Crippen LogP contribution in [0.4, 0.5) is 10.1 Å². The number of thiophene rings is 1. The van der Waals surface area contributed by atoms with Gasteiger partial charge in [-0.3, -0.25) is 14.9 Å². The van der Waals surface area contributed by atoms with E-state index in [4.69, 9.17) is 4.74 Å². The average Bonchev–Trinajstić information content (AvgIpc) is 3.13. The number of carbonyl (C=O) groups excluding carboxylic acids is 2. The maximum absolute atomic E-state index is 13.3. The third-order valence-corrected chi connectivity index (χ3v) is 5.33. The van der Waals surface area contributed by atoms with Crippen LogP contribution in [0.15, 0.2) is 48.5 Å². The molecule has 29 heavy (non-hydrogen) atoms. The van der Waals surface area contributed by atoms with E-state index < -0.39 is 23.4 Å². The van der Waals surface area contributed by atoms with Crippen LogP contribution in [0.5, 0.6) is 0 Å². The summed E-state index contributed by atoms with van der Waals surface area (Å²) in [7, 11) is 0. The summed E-state index contributed by atoms with van der Waals surface area (Å²) in [4.78, 5) is 36.7. The number of esters is 1. The van der Waals surface area contributed by atoms with Crippen LogP contribution in [0, 0.1) is 15.9 Å². The monoisotopic (exact) mass is 416 g/mol. The molecule has 0 unspecified atom stereocenters. The topological polar surface area (TPSA) is 89.8 Å². The number of carbonyl (C=O) groups is 2. The first-order valence-electron chi connectivity index (χ1n) is 8.74. The first kappa shape index (κ1) is 20.4. The molecule has 0 radical (unpaired) electrons. The molecule has 0 bridgehead atoms. The predicted molar refractivity (Wildman–Crippen MR) is 106 cm³/mol. The van der Waals surface area contributed by atoms with Gasteiger partial charge in [-0.25, -0.2) is 9.18 Å². The van der Waals surface area contributed by atoms with Crippen molar-refractivity contribution in [1.29, 1.82) is 0 Å². The Hall–Kier alpha value is -3.33. The number of halogens is 1. The van der Waals surface area contributed by atoms with Gasteiger partial charge < -0.3 is 9.64 Å². The summed E-state index contributed by atoms with van der Waals surface area (Å²) in [6, 6.07) is 11.8. The normalized spacial score (nSPS) is 10.7. The third kappa shape index (κ3) is 4.94. The van der Waals surface area contributed by atoms with Crippen molar-refractivity contribution in [3.63, 3.8) is 0 Å². The highest BCUT2D eigenvalue weighted by Crippen LogP contribution is 2.29. The van der Waals surface area contributed by atoms with Crippen LogP contribution in [0.1, 0.15) is 22.2 Å². The molecule has 1 aromatic heterocycles. The van der Waals surface area contributed by atoms with E-state index in [0.29, 0.717) is 22.2 Å². The Balaban J connectivity index is 1.63. The summed E-state index contributed by atoms with van der Waals surface area (Å²) in [5.74, 6) is -1.46. The molecule has 9 heteroatoms. The molecule has 0 aliphatic heterocycles. The first-order valence-corrected chi connectivity index (χ1v) is 9.56. The van der Waals surface area contributed by atoms with E-state index in [0.717, 1.165) is 11.3 Å². The van der Waals surface area contributed by atoms with E-state index in [1.165, 1.54) is 35.2 Å². The third-order valence-electron chi connectivity index (χ3n) is 4.24. The molecule has 1 amide bonds. The second-order valence-electron chi connectivity index (χ2n) is 6.20. The maximum atomic E-state index is 13.3. The fourth-order valence-electron chi connectivity index (χ4n) is 2.77. The second kappa shape index (κ2) is 8.78. The van der Waals surface area contributed by atoms with E-state index in [1.807, 2.05) is 0 Å². The van der Waals surface area contributed by atoms with Crippen LogP contribution in [-0.2, 0) is 16.1 Å². The number of likely N-dealkylation sites (N-methyl/N-ethyl adjacent to an activating group) is 1. The lowest BCUT2D eigenvalue weighted by Gasteiger charge is -2.20. The fourth-order valence-corrected chi connectivity index (χ4v) is 3.70. The van der Waals surface area contributed by atoms with Gasteiger partial charge in [0.1, 0.15) is 10.7 Å². The van der Waals surface area contributed by atoms with Crippen LogP contribution in [0.25, 0.3) is 10.1 Å². The highest BCUT2D eigenvalue weighted by Gasteiger charge is 2.18. The van der Waals surface area contributed by atoms with Gasteiger partial charge in [0.05, 0.1) is 4.92 Å². The molecule has 0 aliphatic rings. The summed E-state index contributed by atoms with van der Waals surface area (Å²) >= 11 is 1.13. The van der Waals surface area contributed by atoms with E-state index in [-0.39, 0.29) is 22.9 Å². The number of nitrogens with zero attached hydrogens (tertiary/aromatic N) is 2. The van der Waals surface area contributed by atoms with E-state index in [2.05, 4.69) is 0 Å². The minimum absolute atomic E-state index is 0.0682. The number of nitro groups is 1. The number of hydrogen-bond donors (Lipinski definition) is 0. The average molecular weight is 416 g/mol. The Morgan fingerprint density at radius 1 is 1.21 bits per heavy atom. The molecular formula is C20H17FN2O5S.